The van der Waals surface area contributed by atoms with E-state index in [2.05, 4.69) is 25.4 Å². The van der Waals surface area contributed by atoms with Crippen LogP contribution in [0.25, 0.3) is 0 Å². The molecule has 0 aromatic heterocycles. The first-order valence-electron chi connectivity index (χ1n) is 7.50. The van der Waals surface area contributed by atoms with Gasteiger partial charge in [0.15, 0.2) is 0 Å². The van der Waals surface area contributed by atoms with E-state index in [-0.39, 0.29) is 23.6 Å². The summed E-state index contributed by atoms with van der Waals surface area (Å²) in [5.74, 6) is 0.0485. The first kappa shape index (κ1) is 19.8. The molecule has 0 unspecified atom stereocenters. The van der Waals surface area contributed by atoms with Crippen molar-refractivity contribution < 1.29 is 21.9 Å². The molecule has 0 fully saturated rings. The smallest absolute Gasteiger partial charge is 0.387 e. The molecular formula is C17H18BrF2NO3S. The third-order valence-electron chi connectivity index (χ3n) is 3.62. The van der Waals surface area contributed by atoms with Crippen molar-refractivity contribution in [2.45, 2.75) is 31.8 Å². The van der Waals surface area contributed by atoms with Crippen LogP contribution < -0.4 is 9.46 Å². The molecule has 0 bridgehead atoms. The fourth-order valence-corrected chi connectivity index (χ4v) is 4.16. The summed E-state index contributed by atoms with van der Waals surface area (Å²) < 4.78 is 57.6. The third-order valence-corrected chi connectivity index (χ3v) is 6.08. The molecule has 1 N–H and O–H groups in total. The van der Waals surface area contributed by atoms with Crippen molar-refractivity contribution in [3.8, 4) is 5.75 Å². The van der Waals surface area contributed by atoms with E-state index in [0.717, 1.165) is 10.0 Å². The van der Waals surface area contributed by atoms with Gasteiger partial charge in [-0.05, 0) is 55.2 Å². The fourth-order valence-electron chi connectivity index (χ4n) is 2.36. The third kappa shape index (κ3) is 5.23. The first-order valence-corrected chi connectivity index (χ1v) is 9.77. The van der Waals surface area contributed by atoms with Gasteiger partial charge in [-0.15, -0.1) is 0 Å². The molecule has 0 saturated heterocycles. The second-order valence-corrected chi connectivity index (χ2v) is 8.09. The molecule has 4 nitrogen and oxygen atoms in total. The van der Waals surface area contributed by atoms with E-state index in [1.165, 1.54) is 6.07 Å². The highest BCUT2D eigenvalue weighted by Crippen LogP contribution is 2.24. The molecular weight excluding hydrogens is 416 g/mol. The normalized spacial score (nSPS) is 11.8. The second-order valence-electron chi connectivity index (χ2n) is 5.50. The number of para-hydroxylation sites is 1. The van der Waals surface area contributed by atoms with Crippen molar-refractivity contribution in [1.29, 1.82) is 0 Å². The molecule has 8 heteroatoms. The van der Waals surface area contributed by atoms with Crippen LogP contribution in [0.3, 0.4) is 0 Å². The zero-order valence-electron chi connectivity index (χ0n) is 13.7. The Morgan fingerprint density at radius 1 is 1.16 bits per heavy atom. The Balaban J connectivity index is 2.10. The maximum absolute atomic E-state index is 12.5. The molecule has 0 spiro atoms. The number of alkyl halides is 2. The predicted molar refractivity (Wildman–Crippen MR) is 95.6 cm³/mol. The summed E-state index contributed by atoms with van der Waals surface area (Å²) in [6.45, 7) is 0.664. The number of sulfonamides is 1. The minimum atomic E-state index is -3.70. The maximum atomic E-state index is 12.5. The number of benzene rings is 2. The van der Waals surface area contributed by atoms with Crippen LogP contribution in [0.2, 0.25) is 0 Å². The molecule has 136 valence electrons. The van der Waals surface area contributed by atoms with Crippen LogP contribution in [0, 0.1) is 13.8 Å². The van der Waals surface area contributed by atoms with E-state index in [4.69, 9.17) is 0 Å². The standard InChI is InChI=1S/C17H18BrF2NO3S/c1-11-10-16(12(2)9-14(11)18)25(22,23)21-8-7-13-5-3-4-6-15(13)24-17(19)20/h3-6,9-10,17,21H,7-8H2,1-2H3. The van der Waals surface area contributed by atoms with Gasteiger partial charge in [0.25, 0.3) is 0 Å². The van der Waals surface area contributed by atoms with Gasteiger partial charge in [-0.1, -0.05) is 34.1 Å². The van der Waals surface area contributed by atoms with Gasteiger partial charge in [0.05, 0.1) is 4.90 Å². The molecule has 0 amide bonds. The van der Waals surface area contributed by atoms with Gasteiger partial charge < -0.3 is 4.74 Å². The van der Waals surface area contributed by atoms with Gasteiger partial charge in [-0.2, -0.15) is 8.78 Å². The number of hydrogen-bond acceptors (Lipinski definition) is 3. The summed E-state index contributed by atoms with van der Waals surface area (Å²) in [6.07, 6.45) is 0.233. The summed E-state index contributed by atoms with van der Waals surface area (Å²) in [6, 6.07) is 9.66. The Labute approximate surface area is 154 Å². The average Bonchev–Trinajstić information content (AvgIpc) is 2.51. The van der Waals surface area contributed by atoms with Crippen molar-refractivity contribution in [2.75, 3.05) is 6.54 Å². The molecule has 0 heterocycles. The van der Waals surface area contributed by atoms with Crippen molar-refractivity contribution in [3.63, 3.8) is 0 Å². The van der Waals surface area contributed by atoms with Crippen molar-refractivity contribution in [2.24, 2.45) is 0 Å². The van der Waals surface area contributed by atoms with Gasteiger partial charge in [0, 0.05) is 11.0 Å². The zero-order valence-corrected chi connectivity index (χ0v) is 16.1. The minimum Gasteiger partial charge on any atom is -0.435 e. The van der Waals surface area contributed by atoms with E-state index in [1.54, 1.807) is 44.2 Å². The Bertz CT molecular complexity index is 857. The van der Waals surface area contributed by atoms with Crippen LogP contribution in [-0.2, 0) is 16.4 Å². The Morgan fingerprint density at radius 3 is 2.52 bits per heavy atom. The molecule has 0 aliphatic heterocycles. The molecule has 0 atom stereocenters. The van der Waals surface area contributed by atoms with Gasteiger partial charge >= 0.3 is 6.61 Å². The molecule has 2 aromatic rings. The van der Waals surface area contributed by atoms with Crippen LogP contribution in [0.1, 0.15) is 16.7 Å². The molecule has 0 aliphatic rings. The van der Waals surface area contributed by atoms with E-state index >= 15 is 0 Å². The van der Waals surface area contributed by atoms with E-state index < -0.39 is 16.6 Å². The number of hydrogen-bond donors (Lipinski definition) is 1. The van der Waals surface area contributed by atoms with Gasteiger partial charge in [-0.25, -0.2) is 13.1 Å². The van der Waals surface area contributed by atoms with Gasteiger partial charge in [-0.3, -0.25) is 0 Å². The lowest BCUT2D eigenvalue weighted by atomic mass is 10.1. The van der Waals surface area contributed by atoms with Crippen LogP contribution in [0.4, 0.5) is 8.78 Å². The molecule has 2 rings (SSSR count). The summed E-state index contributed by atoms with van der Waals surface area (Å²) in [5.41, 5.74) is 1.93. The molecule has 0 radical (unpaired) electrons. The highest BCUT2D eigenvalue weighted by atomic mass is 79.9. The number of aryl methyl sites for hydroxylation is 2. The molecule has 0 aliphatic carbocycles. The summed E-state index contributed by atoms with van der Waals surface area (Å²) in [5, 5.41) is 0. The van der Waals surface area contributed by atoms with Crippen molar-refractivity contribution >= 4 is 26.0 Å². The quantitative estimate of drug-likeness (QED) is 0.711. The molecule has 25 heavy (non-hydrogen) atoms. The monoisotopic (exact) mass is 433 g/mol. The fraction of sp³-hybridized carbons (Fsp3) is 0.294. The summed E-state index contributed by atoms with van der Waals surface area (Å²) in [7, 11) is -3.70. The average molecular weight is 434 g/mol. The Kier molecular flexibility index (Phi) is 6.53. The molecule has 0 saturated carbocycles. The lowest BCUT2D eigenvalue weighted by Gasteiger charge is -2.13. The van der Waals surface area contributed by atoms with Crippen molar-refractivity contribution in [3.05, 3.63) is 57.6 Å². The maximum Gasteiger partial charge on any atom is 0.387 e. The highest BCUT2D eigenvalue weighted by Gasteiger charge is 2.18. The summed E-state index contributed by atoms with van der Waals surface area (Å²) >= 11 is 3.37. The lowest BCUT2D eigenvalue weighted by Crippen LogP contribution is -2.27. The molecule has 2 aromatic carbocycles. The topological polar surface area (TPSA) is 55.4 Å². The predicted octanol–water partition coefficient (Wildman–Crippen LogP) is 4.19. The van der Waals surface area contributed by atoms with Gasteiger partial charge in [0.1, 0.15) is 5.75 Å². The minimum absolute atomic E-state index is 0.0485. The van der Waals surface area contributed by atoms with Crippen LogP contribution in [-0.4, -0.2) is 21.6 Å². The second kappa shape index (κ2) is 8.25. The SMILES string of the molecule is Cc1cc(S(=O)(=O)NCCc2ccccc2OC(F)F)c(C)cc1Br. The lowest BCUT2D eigenvalue weighted by molar-refractivity contribution is -0.0504. The number of rotatable bonds is 7. The zero-order chi connectivity index (χ0) is 18.6. The van der Waals surface area contributed by atoms with E-state index in [9.17, 15) is 17.2 Å². The largest absolute Gasteiger partial charge is 0.435 e. The van der Waals surface area contributed by atoms with Crippen LogP contribution in [0.15, 0.2) is 45.8 Å². The number of halogens is 3. The van der Waals surface area contributed by atoms with Gasteiger partial charge in [0.2, 0.25) is 10.0 Å². The van der Waals surface area contributed by atoms with Crippen LogP contribution >= 0.6 is 15.9 Å². The number of ether oxygens (including phenoxy) is 1. The highest BCUT2D eigenvalue weighted by molar-refractivity contribution is 9.10. The van der Waals surface area contributed by atoms with E-state index in [1.807, 2.05) is 0 Å². The van der Waals surface area contributed by atoms with E-state index in [0.29, 0.717) is 11.1 Å². The van der Waals surface area contributed by atoms with Crippen molar-refractivity contribution in [1.82, 2.24) is 4.72 Å². The van der Waals surface area contributed by atoms with Crippen LogP contribution in [0.5, 0.6) is 5.75 Å². The Morgan fingerprint density at radius 2 is 1.84 bits per heavy atom. The first-order chi connectivity index (χ1) is 11.7. The summed E-state index contributed by atoms with van der Waals surface area (Å²) in [4.78, 5) is 0.199. The number of nitrogens with one attached hydrogen (secondary N) is 1. The Hall–Kier alpha value is -1.51.